The monoisotopic (exact) mass is 215 g/mol. The molecule has 2 fully saturated rings. The lowest BCUT2D eigenvalue weighted by molar-refractivity contribution is -0.153. The van der Waals surface area contributed by atoms with Gasteiger partial charge >= 0.3 is 5.97 Å². The van der Waals surface area contributed by atoms with Crippen molar-refractivity contribution in [2.45, 2.75) is 12.8 Å². The van der Waals surface area contributed by atoms with Crippen LogP contribution in [0.25, 0.3) is 0 Å². The lowest BCUT2D eigenvalue weighted by Gasteiger charge is -2.28. The Morgan fingerprint density at radius 3 is 2.21 bits per heavy atom. The van der Waals surface area contributed by atoms with Crippen LogP contribution in [0.5, 0.6) is 0 Å². The largest absolute Gasteiger partial charge is 0.480 e. The van der Waals surface area contributed by atoms with Gasteiger partial charge in [0.1, 0.15) is 5.41 Å². The quantitative estimate of drug-likeness (QED) is 0.678. The van der Waals surface area contributed by atoms with Gasteiger partial charge in [0, 0.05) is 24.6 Å². The van der Waals surface area contributed by atoms with Crippen LogP contribution < -0.4 is 0 Å². The number of aliphatic carboxylic acids is 1. The minimum atomic E-state index is -1.04. The summed E-state index contributed by atoms with van der Waals surface area (Å²) in [6.07, 6.45) is 1.04. The first-order valence-corrected chi connectivity index (χ1v) is 5.93. The molecule has 1 N–H and O–H groups in total. The molecule has 78 valence electrons. The average Bonchev–Trinajstić information content (AvgIpc) is 2.99. The Hall–Kier alpha value is -0.710. The molecule has 0 spiro atoms. The van der Waals surface area contributed by atoms with Gasteiger partial charge in [0.25, 0.3) is 0 Å². The van der Waals surface area contributed by atoms with Gasteiger partial charge in [-0.2, -0.15) is 11.8 Å². The summed E-state index contributed by atoms with van der Waals surface area (Å²) in [4.78, 5) is 24.5. The predicted octanol–water partition coefficient (Wildman–Crippen LogP) is 0.427. The Morgan fingerprint density at radius 2 is 1.79 bits per heavy atom. The molecule has 0 aromatic carbocycles. The number of hydrogen-bond donors (Lipinski definition) is 1. The number of carboxylic acid groups (broad SMARTS) is 1. The normalized spacial score (nSPS) is 24.4. The van der Waals surface area contributed by atoms with Gasteiger partial charge in [-0.25, -0.2) is 0 Å². The number of thioether (sulfide) groups is 1. The first kappa shape index (κ1) is 9.83. The van der Waals surface area contributed by atoms with Crippen LogP contribution in [-0.2, 0) is 9.59 Å². The van der Waals surface area contributed by atoms with Gasteiger partial charge in [-0.1, -0.05) is 0 Å². The molecular weight excluding hydrogens is 202 g/mol. The van der Waals surface area contributed by atoms with Crippen molar-refractivity contribution >= 4 is 23.6 Å². The fraction of sp³-hybridized carbons (Fsp3) is 0.778. The van der Waals surface area contributed by atoms with E-state index in [4.69, 9.17) is 5.11 Å². The Labute approximate surface area is 86.6 Å². The average molecular weight is 215 g/mol. The summed E-state index contributed by atoms with van der Waals surface area (Å²) in [5.41, 5.74) is -1.04. The molecule has 2 rings (SSSR count). The molecule has 0 aromatic rings. The van der Waals surface area contributed by atoms with Crippen LogP contribution in [-0.4, -0.2) is 46.5 Å². The Morgan fingerprint density at radius 1 is 1.21 bits per heavy atom. The number of nitrogens with zero attached hydrogens (tertiary/aromatic N) is 1. The molecule has 5 heteroatoms. The van der Waals surface area contributed by atoms with Crippen LogP contribution in [0.15, 0.2) is 0 Å². The molecule has 1 saturated heterocycles. The van der Waals surface area contributed by atoms with Gasteiger partial charge in [0.05, 0.1) is 0 Å². The zero-order chi connectivity index (χ0) is 10.2. The first-order valence-electron chi connectivity index (χ1n) is 4.77. The summed E-state index contributed by atoms with van der Waals surface area (Å²) >= 11 is 1.81. The third-order valence-electron chi connectivity index (χ3n) is 2.87. The summed E-state index contributed by atoms with van der Waals surface area (Å²) in [7, 11) is 0. The van der Waals surface area contributed by atoms with E-state index in [0.717, 1.165) is 11.5 Å². The molecule has 1 aliphatic carbocycles. The summed E-state index contributed by atoms with van der Waals surface area (Å²) in [6.45, 7) is 1.41. The maximum atomic E-state index is 11.9. The number of amides is 1. The van der Waals surface area contributed by atoms with E-state index in [9.17, 15) is 9.59 Å². The molecule has 2 aliphatic rings. The molecule has 1 aliphatic heterocycles. The molecule has 1 saturated carbocycles. The van der Waals surface area contributed by atoms with E-state index in [-0.39, 0.29) is 5.91 Å². The third kappa shape index (κ3) is 1.49. The molecule has 4 nitrogen and oxygen atoms in total. The molecular formula is C9H13NO3S. The molecule has 0 radical (unpaired) electrons. The fourth-order valence-corrected chi connectivity index (χ4v) is 2.62. The van der Waals surface area contributed by atoms with Crippen molar-refractivity contribution in [3.8, 4) is 0 Å². The maximum Gasteiger partial charge on any atom is 0.319 e. The first-order chi connectivity index (χ1) is 6.67. The topological polar surface area (TPSA) is 57.6 Å². The van der Waals surface area contributed by atoms with Gasteiger partial charge in [-0.05, 0) is 12.8 Å². The van der Waals surface area contributed by atoms with Gasteiger partial charge in [-0.15, -0.1) is 0 Å². The predicted molar refractivity (Wildman–Crippen MR) is 53.2 cm³/mol. The highest BCUT2D eigenvalue weighted by molar-refractivity contribution is 7.99. The molecule has 1 heterocycles. The van der Waals surface area contributed by atoms with Crippen molar-refractivity contribution < 1.29 is 14.7 Å². The molecule has 14 heavy (non-hydrogen) atoms. The number of hydrogen-bond acceptors (Lipinski definition) is 3. The standard InChI is InChI=1S/C9H13NO3S/c11-7(9(1-2-9)8(12)13)10-3-5-14-6-4-10/h1-6H2,(H,12,13). The van der Waals surface area contributed by atoms with Gasteiger partial charge in [0.2, 0.25) is 5.91 Å². The minimum Gasteiger partial charge on any atom is -0.480 e. The van der Waals surface area contributed by atoms with Crippen molar-refractivity contribution in [3.63, 3.8) is 0 Å². The Balaban J connectivity index is 2.04. The van der Waals surface area contributed by atoms with Crippen LogP contribution in [0, 0.1) is 5.41 Å². The van der Waals surface area contributed by atoms with E-state index < -0.39 is 11.4 Å². The molecule has 0 unspecified atom stereocenters. The molecule has 0 atom stereocenters. The highest BCUT2D eigenvalue weighted by Crippen LogP contribution is 2.47. The Bertz CT molecular complexity index is 269. The minimum absolute atomic E-state index is 0.162. The van der Waals surface area contributed by atoms with Crippen molar-refractivity contribution in [3.05, 3.63) is 0 Å². The zero-order valence-corrected chi connectivity index (χ0v) is 8.68. The summed E-state index contributed by atoms with van der Waals surface area (Å²) < 4.78 is 0. The fourth-order valence-electron chi connectivity index (χ4n) is 1.71. The SMILES string of the molecule is O=C(O)C1(C(=O)N2CCSCC2)CC1. The maximum absolute atomic E-state index is 11.9. The van der Waals surface area contributed by atoms with Gasteiger partial charge < -0.3 is 10.0 Å². The van der Waals surface area contributed by atoms with E-state index in [1.807, 2.05) is 11.8 Å². The van der Waals surface area contributed by atoms with E-state index in [2.05, 4.69) is 0 Å². The Kier molecular flexibility index (Phi) is 2.43. The van der Waals surface area contributed by atoms with Crippen LogP contribution in [0.1, 0.15) is 12.8 Å². The summed E-state index contributed by atoms with van der Waals surface area (Å²) in [5.74, 6) is 0.758. The number of carbonyl (C=O) groups is 2. The number of carboxylic acids is 1. The second-order valence-corrected chi connectivity index (χ2v) is 5.02. The summed E-state index contributed by atoms with van der Waals surface area (Å²) in [6, 6.07) is 0. The van der Waals surface area contributed by atoms with E-state index in [1.54, 1.807) is 4.90 Å². The van der Waals surface area contributed by atoms with E-state index >= 15 is 0 Å². The summed E-state index contributed by atoms with van der Waals surface area (Å²) in [5, 5.41) is 8.95. The van der Waals surface area contributed by atoms with Crippen molar-refractivity contribution in [1.29, 1.82) is 0 Å². The van der Waals surface area contributed by atoms with Crippen molar-refractivity contribution in [2.75, 3.05) is 24.6 Å². The van der Waals surface area contributed by atoms with Crippen molar-refractivity contribution in [2.24, 2.45) is 5.41 Å². The van der Waals surface area contributed by atoms with Crippen LogP contribution in [0.4, 0.5) is 0 Å². The van der Waals surface area contributed by atoms with Gasteiger partial charge in [0.15, 0.2) is 0 Å². The molecule has 0 bridgehead atoms. The number of carbonyl (C=O) groups excluding carboxylic acids is 1. The van der Waals surface area contributed by atoms with Crippen LogP contribution >= 0.6 is 11.8 Å². The van der Waals surface area contributed by atoms with Crippen LogP contribution in [0.2, 0.25) is 0 Å². The lowest BCUT2D eigenvalue weighted by Crippen LogP contribution is -2.44. The highest BCUT2D eigenvalue weighted by atomic mass is 32.2. The van der Waals surface area contributed by atoms with Crippen LogP contribution in [0.3, 0.4) is 0 Å². The van der Waals surface area contributed by atoms with Gasteiger partial charge in [-0.3, -0.25) is 9.59 Å². The third-order valence-corrected chi connectivity index (χ3v) is 3.81. The molecule has 0 aromatic heterocycles. The number of rotatable bonds is 2. The molecule has 1 amide bonds. The smallest absolute Gasteiger partial charge is 0.319 e. The van der Waals surface area contributed by atoms with Crippen molar-refractivity contribution in [1.82, 2.24) is 4.90 Å². The highest BCUT2D eigenvalue weighted by Gasteiger charge is 2.58. The van der Waals surface area contributed by atoms with E-state index in [1.165, 1.54) is 0 Å². The second-order valence-electron chi connectivity index (χ2n) is 3.79. The zero-order valence-electron chi connectivity index (χ0n) is 7.86. The lowest BCUT2D eigenvalue weighted by atomic mass is 10.1. The second kappa shape index (κ2) is 3.46. The van der Waals surface area contributed by atoms with E-state index in [0.29, 0.717) is 25.9 Å².